The van der Waals surface area contributed by atoms with Crippen LogP contribution in [0.2, 0.25) is 0 Å². The number of nitrogens with zero attached hydrogens (tertiary/aromatic N) is 4. The van der Waals surface area contributed by atoms with Gasteiger partial charge in [0, 0.05) is 17.1 Å². The van der Waals surface area contributed by atoms with Gasteiger partial charge >= 0.3 is 0 Å². The molecule has 0 saturated heterocycles. The van der Waals surface area contributed by atoms with Crippen LogP contribution in [0.25, 0.3) is 15.7 Å². The van der Waals surface area contributed by atoms with Crippen LogP contribution in [0.1, 0.15) is 18.3 Å². The molecule has 3 aromatic heterocycles. The Morgan fingerprint density at radius 3 is 2.96 bits per heavy atom. The number of thiophene rings is 1. The molecule has 136 valence electrons. The topological polar surface area (TPSA) is 59.6 Å². The molecule has 5 rings (SSSR count). The summed E-state index contributed by atoms with van der Waals surface area (Å²) < 4.78 is 3.17. The van der Waals surface area contributed by atoms with E-state index in [1.165, 1.54) is 4.68 Å². The maximum absolute atomic E-state index is 13.0. The van der Waals surface area contributed by atoms with Gasteiger partial charge in [0.05, 0.1) is 0 Å². The number of carbonyl (C=O) groups excluding carboxylic acids is 1. The fraction of sp³-hybridized carbons (Fsp3) is 0.250. The van der Waals surface area contributed by atoms with Gasteiger partial charge in [-0.2, -0.15) is 5.10 Å². The van der Waals surface area contributed by atoms with E-state index in [-0.39, 0.29) is 24.1 Å². The van der Waals surface area contributed by atoms with Crippen molar-refractivity contribution in [2.24, 2.45) is 0 Å². The van der Waals surface area contributed by atoms with E-state index in [1.54, 1.807) is 16.2 Å². The van der Waals surface area contributed by atoms with Gasteiger partial charge in [-0.15, -0.1) is 11.3 Å². The van der Waals surface area contributed by atoms with Gasteiger partial charge in [-0.05, 0) is 49.4 Å². The second-order valence-electron chi connectivity index (χ2n) is 7.00. The fourth-order valence-electron chi connectivity index (χ4n) is 4.06. The summed E-state index contributed by atoms with van der Waals surface area (Å²) >= 11 is 1.58. The van der Waals surface area contributed by atoms with Crippen molar-refractivity contribution < 1.29 is 4.79 Å². The van der Waals surface area contributed by atoms with Gasteiger partial charge in [0.1, 0.15) is 22.7 Å². The average Bonchev–Trinajstić information content (AvgIpc) is 3.30. The quantitative estimate of drug-likeness (QED) is 0.539. The molecule has 1 aromatic carbocycles. The summed E-state index contributed by atoms with van der Waals surface area (Å²) in [7, 11) is 0. The minimum absolute atomic E-state index is 0.0618. The van der Waals surface area contributed by atoms with Crippen molar-refractivity contribution in [2.45, 2.75) is 32.9 Å². The van der Waals surface area contributed by atoms with Crippen LogP contribution in [0, 0.1) is 6.92 Å². The van der Waals surface area contributed by atoms with Crippen LogP contribution < -0.4 is 10.5 Å². The molecular formula is C20H18N4O2S. The maximum atomic E-state index is 13.0. The van der Waals surface area contributed by atoms with Crippen molar-refractivity contribution in [2.75, 3.05) is 4.90 Å². The molecule has 7 heteroatoms. The third-order valence-electron chi connectivity index (χ3n) is 5.21. The summed E-state index contributed by atoms with van der Waals surface area (Å²) in [4.78, 5) is 28.8. The van der Waals surface area contributed by atoms with Crippen LogP contribution in [-0.2, 0) is 17.8 Å². The van der Waals surface area contributed by atoms with Gasteiger partial charge < -0.3 is 4.90 Å². The number of amides is 1. The Bertz CT molecular complexity index is 1270. The lowest BCUT2D eigenvalue weighted by Gasteiger charge is -2.23. The number of fused-ring (bicyclic) bond motifs is 4. The Morgan fingerprint density at radius 2 is 2.11 bits per heavy atom. The summed E-state index contributed by atoms with van der Waals surface area (Å²) in [5, 5.41) is 7.44. The Morgan fingerprint density at radius 1 is 1.30 bits per heavy atom. The predicted molar refractivity (Wildman–Crippen MR) is 107 cm³/mol. The van der Waals surface area contributed by atoms with Crippen molar-refractivity contribution in [3.8, 4) is 0 Å². The Kier molecular flexibility index (Phi) is 3.48. The molecule has 0 radical (unpaired) electrons. The molecule has 6 nitrogen and oxygen atoms in total. The van der Waals surface area contributed by atoms with E-state index in [1.807, 2.05) is 60.0 Å². The number of para-hydroxylation sites is 1. The third-order valence-corrected chi connectivity index (χ3v) is 6.13. The zero-order valence-electron chi connectivity index (χ0n) is 15.0. The molecule has 1 aliphatic rings. The van der Waals surface area contributed by atoms with Gasteiger partial charge in [0.25, 0.3) is 5.56 Å². The highest BCUT2D eigenvalue weighted by atomic mass is 32.1. The average molecular weight is 378 g/mol. The summed E-state index contributed by atoms with van der Waals surface area (Å²) in [6, 6.07) is 11.9. The lowest BCUT2D eigenvalue weighted by molar-refractivity contribution is -0.119. The van der Waals surface area contributed by atoms with Gasteiger partial charge in [0.2, 0.25) is 5.91 Å². The van der Waals surface area contributed by atoms with Crippen LogP contribution >= 0.6 is 11.3 Å². The van der Waals surface area contributed by atoms with E-state index in [2.05, 4.69) is 5.10 Å². The van der Waals surface area contributed by atoms with E-state index in [0.29, 0.717) is 11.3 Å². The van der Waals surface area contributed by atoms with Crippen LogP contribution in [-0.4, -0.2) is 26.1 Å². The van der Waals surface area contributed by atoms with Gasteiger partial charge in [-0.3, -0.25) is 14.0 Å². The standard InChI is InChI=1S/C20H18N4O2S/c1-12-9-14-5-3-4-6-16(14)23(12)18(25)11-22-19(26)17-10-15-7-8-27-20(15)24(17)13(2)21-22/h3-8,10,12H,9,11H2,1-2H3/t12-/m1/s1. The SMILES string of the molecule is Cc1nn(CC(=O)N2c3ccccc3C[C@H]2C)c(=O)c2cc3ccsc3n12. The molecule has 1 amide bonds. The second-order valence-corrected chi connectivity index (χ2v) is 7.90. The number of hydrogen-bond acceptors (Lipinski definition) is 4. The smallest absolute Gasteiger partial charge is 0.291 e. The number of anilines is 1. The molecule has 4 heterocycles. The summed E-state index contributed by atoms with van der Waals surface area (Å²) in [6.45, 7) is 3.83. The highest BCUT2D eigenvalue weighted by Gasteiger charge is 2.31. The Hall–Kier alpha value is -2.93. The first-order valence-corrected chi connectivity index (χ1v) is 9.79. The Labute approximate surface area is 159 Å². The van der Waals surface area contributed by atoms with E-state index < -0.39 is 0 Å². The third kappa shape index (κ3) is 2.35. The largest absolute Gasteiger partial charge is 0.307 e. The molecule has 0 fully saturated rings. The van der Waals surface area contributed by atoms with Crippen molar-refractivity contribution in [3.63, 3.8) is 0 Å². The number of carbonyl (C=O) groups is 1. The number of rotatable bonds is 2. The number of hydrogen-bond donors (Lipinski definition) is 0. The van der Waals surface area contributed by atoms with Crippen LogP contribution in [0.15, 0.2) is 46.6 Å². The number of aryl methyl sites for hydroxylation is 1. The molecule has 0 bridgehead atoms. The predicted octanol–water partition coefficient (Wildman–Crippen LogP) is 3.00. The number of benzene rings is 1. The van der Waals surface area contributed by atoms with Gasteiger partial charge in [-0.25, -0.2) is 4.68 Å². The fourth-order valence-corrected chi connectivity index (χ4v) is 5.00. The first kappa shape index (κ1) is 16.3. The van der Waals surface area contributed by atoms with Gasteiger partial charge in [-0.1, -0.05) is 18.2 Å². The van der Waals surface area contributed by atoms with Crippen molar-refractivity contribution >= 4 is 38.7 Å². The van der Waals surface area contributed by atoms with Crippen LogP contribution in [0.3, 0.4) is 0 Å². The lowest BCUT2D eigenvalue weighted by atomic mass is 10.1. The molecule has 27 heavy (non-hydrogen) atoms. The minimum Gasteiger partial charge on any atom is -0.307 e. The molecule has 4 aromatic rings. The highest BCUT2D eigenvalue weighted by Crippen LogP contribution is 2.32. The summed E-state index contributed by atoms with van der Waals surface area (Å²) in [5.74, 6) is 0.587. The number of aromatic nitrogens is 3. The second kappa shape index (κ2) is 5.79. The monoisotopic (exact) mass is 378 g/mol. The lowest BCUT2D eigenvalue weighted by Crippen LogP contribution is -2.41. The van der Waals surface area contributed by atoms with E-state index in [4.69, 9.17) is 0 Å². The molecule has 0 N–H and O–H groups in total. The maximum Gasteiger partial charge on any atom is 0.291 e. The first-order valence-electron chi connectivity index (χ1n) is 8.91. The zero-order chi connectivity index (χ0) is 18.7. The molecular weight excluding hydrogens is 360 g/mol. The van der Waals surface area contributed by atoms with Gasteiger partial charge in [0.15, 0.2) is 0 Å². The normalized spacial score (nSPS) is 16.4. The van der Waals surface area contributed by atoms with Crippen LogP contribution in [0.5, 0.6) is 0 Å². The molecule has 1 atom stereocenters. The summed E-state index contributed by atoms with van der Waals surface area (Å²) in [6.07, 6.45) is 0.831. The Balaban J connectivity index is 1.56. The molecule has 0 saturated carbocycles. The first-order chi connectivity index (χ1) is 13.0. The van der Waals surface area contributed by atoms with Crippen LogP contribution in [0.4, 0.5) is 5.69 Å². The van der Waals surface area contributed by atoms with E-state index in [0.717, 1.165) is 27.9 Å². The van der Waals surface area contributed by atoms with Crippen molar-refractivity contribution in [1.29, 1.82) is 0 Å². The zero-order valence-corrected chi connectivity index (χ0v) is 15.9. The van der Waals surface area contributed by atoms with E-state index in [9.17, 15) is 9.59 Å². The summed E-state index contributed by atoms with van der Waals surface area (Å²) in [5.41, 5.74) is 2.42. The molecule has 0 spiro atoms. The van der Waals surface area contributed by atoms with Crippen molar-refractivity contribution in [1.82, 2.24) is 14.2 Å². The highest BCUT2D eigenvalue weighted by molar-refractivity contribution is 7.16. The minimum atomic E-state index is -0.238. The molecule has 1 aliphatic heterocycles. The molecule has 0 aliphatic carbocycles. The molecule has 0 unspecified atom stereocenters. The van der Waals surface area contributed by atoms with Crippen molar-refractivity contribution in [3.05, 3.63) is 63.5 Å². The van der Waals surface area contributed by atoms with E-state index >= 15 is 0 Å².